The average Bonchev–Trinajstić information content (AvgIpc) is 2.93. The van der Waals surface area contributed by atoms with Crippen molar-refractivity contribution in [2.75, 3.05) is 17.8 Å². The van der Waals surface area contributed by atoms with Crippen molar-refractivity contribution in [3.8, 4) is 6.07 Å². The largest absolute Gasteiger partial charge is 0.350 e. The molecule has 1 saturated heterocycles. The Balaban J connectivity index is 2.03. The van der Waals surface area contributed by atoms with E-state index in [0.29, 0.717) is 35.7 Å². The zero-order chi connectivity index (χ0) is 20.5. The van der Waals surface area contributed by atoms with Crippen molar-refractivity contribution in [2.24, 2.45) is 7.05 Å². The average molecular weight is 401 g/mol. The number of nitriles is 1. The minimum atomic E-state index is -3.98. The summed E-state index contributed by atoms with van der Waals surface area (Å²) in [5.41, 5.74) is 2.17. The highest BCUT2D eigenvalue weighted by atomic mass is 32.2. The second kappa shape index (κ2) is 7.68. The summed E-state index contributed by atoms with van der Waals surface area (Å²) in [4.78, 5) is 14.9. The molecular weight excluding hydrogens is 376 g/mol. The summed E-state index contributed by atoms with van der Waals surface area (Å²) in [6.45, 7) is 4.77. The summed E-state index contributed by atoms with van der Waals surface area (Å²) in [7, 11) is -2.22. The van der Waals surface area contributed by atoms with Crippen molar-refractivity contribution in [1.82, 2.24) is 9.47 Å². The molecule has 2 aromatic rings. The van der Waals surface area contributed by atoms with Crippen LogP contribution in [0.1, 0.15) is 46.6 Å². The molecule has 1 fully saturated rings. The molecule has 0 radical (unpaired) electrons. The van der Waals surface area contributed by atoms with E-state index in [2.05, 4.69) is 4.72 Å². The molecule has 1 amide bonds. The van der Waals surface area contributed by atoms with Crippen molar-refractivity contribution < 1.29 is 13.2 Å². The predicted octanol–water partition coefficient (Wildman–Crippen LogP) is 2.94. The van der Waals surface area contributed by atoms with Gasteiger partial charge in [-0.25, -0.2) is 8.42 Å². The van der Waals surface area contributed by atoms with Gasteiger partial charge in [-0.2, -0.15) is 5.26 Å². The first-order chi connectivity index (χ1) is 13.3. The Kier molecular flexibility index (Phi) is 5.47. The molecule has 8 heteroatoms. The van der Waals surface area contributed by atoms with Crippen molar-refractivity contribution in [1.29, 1.82) is 5.26 Å². The molecule has 0 saturated carbocycles. The third-order valence-electron chi connectivity index (χ3n) is 5.32. The summed E-state index contributed by atoms with van der Waals surface area (Å²) in [5.74, 6) is -0.235. The first kappa shape index (κ1) is 20.0. The Bertz CT molecular complexity index is 1040. The standard InChI is InChI=1S/C20H24N4O3S/c1-14-18(20(25)24-11-5-4-6-12-24)19(15(2)23(14)3)28(26,27)22-17-9-7-16(13-21)8-10-17/h7-10,22H,4-6,11-12H2,1-3H3. The van der Waals surface area contributed by atoms with E-state index in [4.69, 9.17) is 5.26 Å². The van der Waals surface area contributed by atoms with Crippen LogP contribution in [-0.4, -0.2) is 36.9 Å². The molecule has 28 heavy (non-hydrogen) atoms. The van der Waals surface area contributed by atoms with Crippen LogP contribution < -0.4 is 4.72 Å². The molecule has 3 rings (SSSR count). The van der Waals surface area contributed by atoms with Crippen LogP contribution in [0.2, 0.25) is 0 Å². The lowest BCUT2D eigenvalue weighted by atomic mass is 10.1. The lowest BCUT2D eigenvalue weighted by molar-refractivity contribution is 0.0720. The maximum atomic E-state index is 13.2. The monoisotopic (exact) mass is 400 g/mol. The van der Waals surface area contributed by atoms with Crippen molar-refractivity contribution >= 4 is 21.6 Å². The van der Waals surface area contributed by atoms with Crippen LogP contribution in [0.25, 0.3) is 0 Å². The molecule has 148 valence electrons. The molecule has 1 aromatic carbocycles. The van der Waals surface area contributed by atoms with Crippen LogP contribution in [0.15, 0.2) is 29.2 Å². The normalized spacial score (nSPS) is 14.6. The molecule has 2 heterocycles. The molecule has 1 aliphatic heterocycles. The Morgan fingerprint density at radius 3 is 2.25 bits per heavy atom. The highest BCUT2D eigenvalue weighted by Gasteiger charge is 2.33. The zero-order valence-electron chi connectivity index (χ0n) is 16.3. The van der Waals surface area contributed by atoms with Gasteiger partial charge in [0.15, 0.2) is 0 Å². The molecular formula is C20H24N4O3S. The number of piperidine rings is 1. The number of benzene rings is 1. The van der Waals surface area contributed by atoms with E-state index in [9.17, 15) is 13.2 Å². The molecule has 0 unspecified atom stereocenters. The second-order valence-corrected chi connectivity index (χ2v) is 8.70. The number of carbonyl (C=O) groups is 1. The van der Waals surface area contributed by atoms with Crippen LogP contribution >= 0.6 is 0 Å². The fourth-order valence-corrected chi connectivity index (χ4v) is 5.15. The number of sulfonamides is 1. The van der Waals surface area contributed by atoms with Gasteiger partial charge in [-0.1, -0.05) is 0 Å². The lowest BCUT2D eigenvalue weighted by Gasteiger charge is -2.27. The maximum absolute atomic E-state index is 13.2. The molecule has 0 aliphatic carbocycles. The van der Waals surface area contributed by atoms with Gasteiger partial charge in [0.25, 0.3) is 15.9 Å². The third-order valence-corrected chi connectivity index (χ3v) is 6.86. The van der Waals surface area contributed by atoms with Crippen molar-refractivity contribution in [2.45, 2.75) is 38.0 Å². The van der Waals surface area contributed by atoms with Gasteiger partial charge in [0, 0.05) is 37.2 Å². The maximum Gasteiger partial charge on any atom is 0.264 e. The highest BCUT2D eigenvalue weighted by molar-refractivity contribution is 7.92. The molecule has 1 N–H and O–H groups in total. The zero-order valence-corrected chi connectivity index (χ0v) is 17.1. The van der Waals surface area contributed by atoms with Gasteiger partial charge in [-0.05, 0) is 57.4 Å². The van der Waals surface area contributed by atoms with Gasteiger partial charge in [-0.3, -0.25) is 9.52 Å². The van der Waals surface area contributed by atoms with E-state index in [1.165, 1.54) is 12.1 Å². The van der Waals surface area contributed by atoms with Gasteiger partial charge < -0.3 is 9.47 Å². The van der Waals surface area contributed by atoms with Crippen LogP contribution in [0.4, 0.5) is 5.69 Å². The van der Waals surface area contributed by atoms with Gasteiger partial charge >= 0.3 is 0 Å². The Morgan fingerprint density at radius 1 is 1.07 bits per heavy atom. The van der Waals surface area contributed by atoms with Gasteiger partial charge in [0.2, 0.25) is 0 Å². The van der Waals surface area contributed by atoms with Gasteiger partial charge in [-0.15, -0.1) is 0 Å². The molecule has 0 spiro atoms. The smallest absolute Gasteiger partial charge is 0.264 e. The quantitative estimate of drug-likeness (QED) is 0.853. The predicted molar refractivity (Wildman–Crippen MR) is 107 cm³/mol. The van der Waals surface area contributed by atoms with Crippen LogP contribution in [-0.2, 0) is 17.1 Å². The number of nitrogens with one attached hydrogen (secondary N) is 1. The topological polar surface area (TPSA) is 95.2 Å². The van der Waals surface area contributed by atoms with Gasteiger partial charge in [0.05, 0.1) is 17.2 Å². The number of nitrogens with zero attached hydrogens (tertiary/aromatic N) is 3. The molecule has 0 atom stereocenters. The molecule has 1 aromatic heterocycles. The Morgan fingerprint density at radius 2 is 1.68 bits per heavy atom. The van der Waals surface area contributed by atoms with Crippen LogP contribution in [0.5, 0.6) is 0 Å². The van der Waals surface area contributed by atoms with E-state index in [-0.39, 0.29) is 16.4 Å². The van der Waals surface area contributed by atoms with Crippen LogP contribution in [0, 0.1) is 25.2 Å². The van der Waals surface area contributed by atoms with E-state index >= 15 is 0 Å². The fraction of sp³-hybridized carbons (Fsp3) is 0.400. The van der Waals surface area contributed by atoms with E-state index < -0.39 is 10.0 Å². The number of anilines is 1. The van der Waals surface area contributed by atoms with Gasteiger partial charge in [0.1, 0.15) is 4.90 Å². The van der Waals surface area contributed by atoms with Crippen LogP contribution in [0.3, 0.4) is 0 Å². The van der Waals surface area contributed by atoms with Crippen molar-refractivity contribution in [3.63, 3.8) is 0 Å². The number of aromatic nitrogens is 1. The first-order valence-corrected chi connectivity index (χ1v) is 10.7. The summed E-state index contributed by atoms with van der Waals surface area (Å²) < 4.78 is 30.7. The number of amides is 1. The number of hydrogen-bond donors (Lipinski definition) is 1. The Labute approximate surface area is 165 Å². The molecule has 1 aliphatic rings. The minimum Gasteiger partial charge on any atom is -0.350 e. The lowest BCUT2D eigenvalue weighted by Crippen LogP contribution is -2.36. The highest BCUT2D eigenvalue weighted by Crippen LogP contribution is 2.30. The fourth-order valence-electron chi connectivity index (χ4n) is 3.57. The SMILES string of the molecule is Cc1c(C(=O)N2CCCCC2)c(S(=O)(=O)Nc2ccc(C#N)cc2)c(C)n1C. The summed E-state index contributed by atoms with van der Waals surface area (Å²) >= 11 is 0. The Hall–Kier alpha value is -2.79. The third kappa shape index (κ3) is 3.62. The van der Waals surface area contributed by atoms with E-state index in [0.717, 1.165) is 19.3 Å². The number of likely N-dealkylation sites (tertiary alicyclic amines) is 1. The minimum absolute atomic E-state index is 0.0208. The second-order valence-electron chi connectivity index (χ2n) is 7.08. The summed E-state index contributed by atoms with van der Waals surface area (Å²) in [6, 6.07) is 8.15. The number of carbonyl (C=O) groups excluding carboxylic acids is 1. The molecule has 0 bridgehead atoms. The van der Waals surface area contributed by atoms with E-state index in [1.54, 1.807) is 42.5 Å². The first-order valence-electron chi connectivity index (χ1n) is 9.24. The summed E-state index contributed by atoms with van der Waals surface area (Å²) in [6.07, 6.45) is 2.95. The number of hydrogen-bond acceptors (Lipinski definition) is 4. The number of rotatable bonds is 4. The summed E-state index contributed by atoms with van der Waals surface area (Å²) in [5, 5.41) is 8.90. The van der Waals surface area contributed by atoms with Crippen molar-refractivity contribution in [3.05, 3.63) is 46.8 Å². The van der Waals surface area contributed by atoms with E-state index in [1.807, 2.05) is 6.07 Å². The molecule has 7 nitrogen and oxygen atoms in total.